The van der Waals surface area contributed by atoms with E-state index in [9.17, 15) is 14.7 Å². The van der Waals surface area contributed by atoms with Crippen LogP contribution >= 0.6 is 0 Å². The van der Waals surface area contributed by atoms with Crippen LogP contribution in [0.4, 0.5) is 5.82 Å². The van der Waals surface area contributed by atoms with E-state index in [0.29, 0.717) is 21.9 Å². The van der Waals surface area contributed by atoms with Crippen LogP contribution in [0.15, 0.2) is 24.5 Å². The van der Waals surface area contributed by atoms with Crippen molar-refractivity contribution in [3.05, 3.63) is 30.1 Å². The molecule has 130 valence electrons. The maximum absolute atomic E-state index is 12.3. The summed E-state index contributed by atoms with van der Waals surface area (Å²) in [4.78, 5) is 31.7. The predicted molar refractivity (Wildman–Crippen MR) is 92.3 cm³/mol. The number of benzene rings is 1. The fraction of sp³-hybridized carbons (Fsp3) is 0.294. The van der Waals surface area contributed by atoms with Crippen LogP contribution < -0.4 is 5.73 Å². The molecule has 0 amide bonds. The second kappa shape index (κ2) is 5.73. The lowest BCUT2D eigenvalue weighted by Gasteiger charge is -2.20. The minimum absolute atomic E-state index is 0.0693. The minimum atomic E-state index is -1.05. The summed E-state index contributed by atoms with van der Waals surface area (Å²) in [5, 5.41) is 10.3. The molecule has 1 aromatic carbocycles. The number of nitrogens with zero attached hydrogens (tertiary/aromatic N) is 3. The lowest BCUT2D eigenvalue weighted by molar-refractivity contribution is -0.155. The zero-order chi connectivity index (χ0) is 18.4. The molecule has 3 aromatic rings. The van der Waals surface area contributed by atoms with E-state index >= 15 is 0 Å². The Kier molecular flexibility index (Phi) is 3.82. The Hall–Kier alpha value is -3.16. The van der Waals surface area contributed by atoms with Gasteiger partial charge in [-0.3, -0.25) is 4.79 Å². The summed E-state index contributed by atoms with van der Waals surface area (Å²) in [5.41, 5.74) is 6.56. The van der Waals surface area contributed by atoms with Gasteiger partial charge in [-0.25, -0.2) is 14.8 Å². The van der Waals surface area contributed by atoms with E-state index in [-0.39, 0.29) is 17.9 Å². The number of fused-ring (bicyclic) bond motifs is 3. The summed E-state index contributed by atoms with van der Waals surface area (Å²) in [6, 6.07) is 4.61. The average Bonchev–Trinajstić information content (AvgIpc) is 2.80. The zero-order valence-corrected chi connectivity index (χ0v) is 14.1. The molecule has 3 rings (SSSR count). The molecule has 25 heavy (non-hydrogen) atoms. The highest BCUT2D eigenvalue weighted by Gasteiger charge is 2.21. The maximum Gasteiger partial charge on any atom is 0.335 e. The number of aromatic nitrogens is 3. The number of aromatic carboxylic acids is 1. The molecular weight excluding hydrogens is 324 g/mol. The third-order valence-corrected chi connectivity index (χ3v) is 3.62. The van der Waals surface area contributed by atoms with Crippen molar-refractivity contribution in [2.75, 3.05) is 5.73 Å². The highest BCUT2D eigenvalue weighted by molar-refractivity contribution is 6.13. The second-order valence-corrected chi connectivity index (χ2v) is 6.67. The molecule has 0 unspecified atom stereocenters. The quantitative estimate of drug-likeness (QED) is 0.700. The monoisotopic (exact) mass is 342 g/mol. The number of carboxylic acid groups (broad SMARTS) is 1. The lowest BCUT2D eigenvalue weighted by Crippen LogP contribution is -2.26. The number of nitrogen functional groups attached to an aromatic ring is 1. The summed E-state index contributed by atoms with van der Waals surface area (Å²) in [7, 11) is 0. The van der Waals surface area contributed by atoms with Crippen molar-refractivity contribution in [3.8, 4) is 0 Å². The van der Waals surface area contributed by atoms with Crippen molar-refractivity contribution >= 4 is 39.7 Å². The van der Waals surface area contributed by atoms with E-state index < -0.39 is 17.5 Å². The number of anilines is 1. The number of rotatable bonds is 3. The third kappa shape index (κ3) is 3.10. The van der Waals surface area contributed by atoms with Crippen molar-refractivity contribution in [1.29, 1.82) is 0 Å². The molecule has 0 atom stereocenters. The number of carbonyl (C=O) groups is 2. The van der Waals surface area contributed by atoms with E-state index in [1.165, 1.54) is 18.5 Å². The molecule has 8 nitrogen and oxygen atoms in total. The van der Waals surface area contributed by atoms with Gasteiger partial charge < -0.3 is 20.1 Å². The van der Waals surface area contributed by atoms with Crippen LogP contribution in [0.25, 0.3) is 21.9 Å². The second-order valence-electron chi connectivity index (χ2n) is 6.67. The first-order chi connectivity index (χ1) is 11.7. The van der Waals surface area contributed by atoms with Gasteiger partial charge >= 0.3 is 11.9 Å². The van der Waals surface area contributed by atoms with Crippen molar-refractivity contribution in [2.45, 2.75) is 32.9 Å². The standard InChI is InChI=1S/C17H18N4O4/c1-17(2,3)25-12(22)7-21-11-5-4-9(16(23)24)6-10(11)13-14(18)19-8-20-15(13)21/h4-6,8H,7H2,1-3H3,(H,23,24)(H2,18,19,20). The molecule has 2 aromatic heterocycles. The summed E-state index contributed by atoms with van der Waals surface area (Å²) in [6.45, 7) is 5.29. The van der Waals surface area contributed by atoms with E-state index in [0.717, 1.165) is 0 Å². The molecule has 0 saturated heterocycles. The van der Waals surface area contributed by atoms with E-state index in [4.69, 9.17) is 10.5 Å². The Morgan fingerprint density at radius 1 is 1.28 bits per heavy atom. The molecule has 3 N–H and O–H groups in total. The van der Waals surface area contributed by atoms with Gasteiger partial charge in [-0.05, 0) is 39.0 Å². The number of nitrogens with two attached hydrogens (primary N) is 1. The number of carbonyl (C=O) groups excluding carboxylic acids is 1. The molecule has 0 aliphatic carbocycles. The van der Waals surface area contributed by atoms with Gasteiger partial charge in [-0.15, -0.1) is 0 Å². The number of hydrogen-bond donors (Lipinski definition) is 2. The first-order valence-corrected chi connectivity index (χ1v) is 7.65. The Morgan fingerprint density at radius 2 is 2.00 bits per heavy atom. The Labute approximate surface area is 143 Å². The lowest BCUT2D eigenvalue weighted by atomic mass is 10.1. The van der Waals surface area contributed by atoms with Gasteiger partial charge in [-0.2, -0.15) is 0 Å². The highest BCUT2D eigenvalue weighted by Crippen LogP contribution is 2.31. The normalized spacial score (nSPS) is 11.8. The van der Waals surface area contributed by atoms with E-state index in [2.05, 4.69) is 9.97 Å². The minimum Gasteiger partial charge on any atom is -0.478 e. The van der Waals surface area contributed by atoms with Crippen molar-refractivity contribution in [1.82, 2.24) is 14.5 Å². The molecule has 0 aliphatic heterocycles. The van der Waals surface area contributed by atoms with Gasteiger partial charge in [0.1, 0.15) is 29.9 Å². The van der Waals surface area contributed by atoms with Crippen molar-refractivity contribution < 1.29 is 19.4 Å². The average molecular weight is 342 g/mol. The van der Waals surface area contributed by atoms with Gasteiger partial charge in [0.25, 0.3) is 0 Å². The van der Waals surface area contributed by atoms with Gasteiger partial charge in [-0.1, -0.05) is 0 Å². The number of esters is 1. The molecule has 2 heterocycles. The first-order valence-electron chi connectivity index (χ1n) is 7.65. The summed E-state index contributed by atoms with van der Waals surface area (Å²) >= 11 is 0. The van der Waals surface area contributed by atoms with Crippen LogP contribution in [0.2, 0.25) is 0 Å². The summed E-state index contributed by atoms with van der Waals surface area (Å²) in [6.07, 6.45) is 1.31. The SMILES string of the molecule is CC(C)(C)OC(=O)Cn1c2ccc(C(=O)O)cc2c2c(N)ncnc21. The van der Waals surface area contributed by atoms with Crippen molar-refractivity contribution in [2.24, 2.45) is 0 Å². The van der Waals surface area contributed by atoms with Crippen LogP contribution in [0.1, 0.15) is 31.1 Å². The molecule has 0 aliphatic rings. The summed E-state index contributed by atoms with van der Waals surface area (Å²) < 4.78 is 7.03. The Bertz CT molecular complexity index is 1000. The van der Waals surface area contributed by atoms with Crippen LogP contribution in [-0.4, -0.2) is 37.2 Å². The van der Waals surface area contributed by atoms with Gasteiger partial charge in [0.2, 0.25) is 0 Å². The maximum atomic E-state index is 12.3. The van der Waals surface area contributed by atoms with Crippen LogP contribution in [0, 0.1) is 0 Å². The summed E-state index contributed by atoms with van der Waals surface area (Å²) in [5.74, 6) is -1.25. The molecule has 0 radical (unpaired) electrons. The Morgan fingerprint density at radius 3 is 2.64 bits per heavy atom. The molecular formula is C17H18N4O4. The number of hydrogen-bond acceptors (Lipinski definition) is 6. The Balaban J connectivity index is 2.21. The molecule has 8 heteroatoms. The fourth-order valence-electron chi connectivity index (χ4n) is 2.73. The van der Waals surface area contributed by atoms with Crippen LogP contribution in [0.5, 0.6) is 0 Å². The van der Waals surface area contributed by atoms with E-state index in [1.807, 2.05) is 0 Å². The number of carboxylic acids is 1. The molecule has 0 spiro atoms. The largest absolute Gasteiger partial charge is 0.478 e. The molecule has 0 fully saturated rings. The zero-order valence-electron chi connectivity index (χ0n) is 14.1. The topological polar surface area (TPSA) is 120 Å². The van der Waals surface area contributed by atoms with Gasteiger partial charge in [0, 0.05) is 5.39 Å². The third-order valence-electron chi connectivity index (χ3n) is 3.62. The van der Waals surface area contributed by atoms with Gasteiger partial charge in [0.15, 0.2) is 0 Å². The van der Waals surface area contributed by atoms with Crippen LogP contribution in [0.3, 0.4) is 0 Å². The smallest absolute Gasteiger partial charge is 0.335 e. The predicted octanol–water partition coefficient (Wildman–Crippen LogP) is 2.21. The van der Waals surface area contributed by atoms with E-state index in [1.54, 1.807) is 31.4 Å². The van der Waals surface area contributed by atoms with Gasteiger partial charge in [0.05, 0.1) is 16.5 Å². The number of ether oxygens (including phenoxy) is 1. The fourth-order valence-corrected chi connectivity index (χ4v) is 2.73. The van der Waals surface area contributed by atoms with Crippen molar-refractivity contribution in [3.63, 3.8) is 0 Å². The molecule has 0 bridgehead atoms. The first kappa shape index (κ1) is 16.7. The van der Waals surface area contributed by atoms with Crippen LogP contribution in [-0.2, 0) is 16.1 Å². The highest BCUT2D eigenvalue weighted by atomic mass is 16.6. The molecule has 0 saturated carbocycles.